The van der Waals surface area contributed by atoms with Crippen LogP contribution < -0.4 is 5.32 Å². The van der Waals surface area contributed by atoms with Crippen LogP contribution in [-0.2, 0) is 4.79 Å². The van der Waals surface area contributed by atoms with Gasteiger partial charge in [0.25, 0.3) is 0 Å². The van der Waals surface area contributed by atoms with Gasteiger partial charge in [0, 0.05) is 11.8 Å². The Labute approximate surface area is 118 Å². The van der Waals surface area contributed by atoms with Crippen LogP contribution >= 0.6 is 11.8 Å². The molecule has 1 aliphatic carbocycles. The number of nitrogens with zero attached hydrogens (tertiary/aromatic N) is 1. The molecule has 3 nitrogen and oxygen atoms in total. The molecule has 1 aliphatic heterocycles. The molecule has 1 N–H and O–H groups in total. The highest BCUT2D eigenvalue weighted by Crippen LogP contribution is 2.46. The molecule has 2 atom stereocenters. The summed E-state index contributed by atoms with van der Waals surface area (Å²) in [7, 11) is 0. The minimum atomic E-state index is -0.237. The Morgan fingerprint density at radius 3 is 2.68 bits per heavy atom. The largest absolute Gasteiger partial charge is 0.320 e. The molecular formula is C15H20N2OS. The van der Waals surface area contributed by atoms with Crippen LogP contribution in [0.1, 0.15) is 31.5 Å². The van der Waals surface area contributed by atoms with E-state index in [1.54, 1.807) is 0 Å². The van der Waals surface area contributed by atoms with E-state index < -0.39 is 0 Å². The third kappa shape index (κ3) is 2.28. The molecule has 2 unspecified atom stereocenters. The Balaban J connectivity index is 1.86. The minimum Gasteiger partial charge on any atom is -0.320 e. The zero-order chi connectivity index (χ0) is 13.5. The van der Waals surface area contributed by atoms with E-state index in [4.69, 9.17) is 0 Å². The highest BCUT2D eigenvalue weighted by molar-refractivity contribution is 7.99. The van der Waals surface area contributed by atoms with Crippen LogP contribution in [0.4, 0.5) is 0 Å². The van der Waals surface area contributed by atoms with E-state index in [0.29, 0.717) is 11.2 Å². The number of hydrogen-bond donors (Lipinski definition) is 1. The van der Waals surface area contributed by atoms with Crippen molar-refractivity contribution in [1.29, 1.82) is 0 Å². The minimum absolute atomic E-state index is 0.0470. The third-order valence-electron chi connectivity index (χ3n) is 4.12. The molecule has 1 saturated heterocycles. The van der Waals surface area contributed by atoms with Gasteiger partial charge in [0.05, 0.1) is 0 Å². The van der Waals surface area contributed by atoms with Crippen molar-refractivity contribution < 1.29 is 4.79 Å². The van der Waals surface area contributed by atoms with Crippen LogP contribution in [0.25, 0.3) is 0 Å². The number of hydrogen-bond acceptors (Lipinski definition) is 3. The van der Waals surface area contributed by atoms with Crippen molar-refractivity contribution in [2.45, 2.75) is 36.7 Å². The van der Waals surface area contributed by atoms with E-state index in [0.717, 1.165) is 19.4 Å². The molecule has 0 bridgehead atoms. The first-order valence-corrected chi connectivity index (χ1v) is 8.11. The zero-order valence-corrected chi connectivity index (χ0v) is 12.2. The van der Waals surface area contributed by atoms with Gasteiger partial charge in [-0.05, 0) is 24.7 Å². The summed E-state index contributed by atoms with van der Waals surface area (Å²) in [6, 6.07) is 10.3. The SMILES string of the molecule is CSC(C)CN1C(=O)C2(CC2)NC1c1ccccc1. The third-order valence-corrected chi connectivity index (χ3v) is 5.07. The molecule has 2 fully saturated rings. The lowest BCUT2D eigenvalue weighted by atomic mass is 10.1. The molecule has 0 radical (unpaired) electrons. The number of thioether (sulfide) groups is 1. The highest BCUT2D eigenvalue weighted by Gasteiger charge is 2.59. The summed E-state index contributed by atoms with van der Waals surface area (Å²) in [5.74, 6) is 0.294. The molecule has 19 heavy (non-hydrogen) atoms. The van der Waals surface area contributed by atoms with E-state index in [1.807, 2.05) is 34.9 Å². The van der Waals surface area contributed by atoms with Crippen molar-refractivity contribution in [3.8, 4) is 0 Å². The Morgan fingerprint density at radius 2 is 2.11 bits per heavy atom. The fourth-order valence-corrected chi connectivity index (χ4v) is 3.02. The van der Waals surface area contributed by atoms with E-state index in [9.17, 15) is 4.79 Å². The number of carbonyl (C=O) groups excluding carboxylic acids is 1. The number of rotatable bonds is 4. The van der Waals surface area contributed by atoms with E-state index in [1.165, 1.54) is 5.56 Å². The molecule has 4 heteroatoms. The van der Waals surface area contributed by atoms with Crippen molar-refractivity contribution in [3.05, 3.63) is 35.9 Å². The topological polar surface area (TPSA) is 32.3 Å². The second-order valence-corrected chi connectivity index (χ2v) is 6.82. The number of benzene rings is 1. The summed E-state index contributed by atoms with van der Waals surface area (Å²) in [5.41, 5.74) is 0.950. The van der Waals surface area contributed by atoms with Crippen LogP contribution in [0.15, 0.2) is 30.3 Å². The molecule has 1 heterocycles. The van der Waals surface area contributed by atoms with E-state index in [2.05, 4.69) is 30.6 Å². The van der Waals surface area contributed by atoms with Gasteiger partial charge in [-0.1, -0.05) is 37.3 Å². The van der Waals surface area contributed by atoms with Crippen LogP contribution in [0.5, 0.6) is 0 Å². The number of amides is 1. The Hall–Kier alpha value is -1.00. The maximum atomic E-state index is 12.6. The van der Waals surface area contributed by atoms with Gasteiger partial charge in [0.15, 0.2) is 0 Å². The van der Waals surface area contributed by atoms with Crippen LogP contribution in [-0.4, -0.2) is 34.4 Å². The van der Waals surface area contributed by atoms with Crippen molar-refractivity contribution in [2.24, 2.45) is 0 Å². The normalized spacial score (nSPS) is 25.9. The van der Waals surface area contributed by atoms with Gasteiger partial charge >= 0.3 is 0 Å². The predicted molar refractivity (Wildman–Crippen MR) is 79.0 cm³/mol. The van der Waals surface area contributed by atoms with Gasteiger partial charge in [0.2, 0.25) is 5.91 Å². The predicted octanol–water partition coefficient (Wildman–Crippen LogP) is 2.40. The Kier molecular flexibility index (Phi) is 3.31. The molecule has 1 aromatic carbocycles. The zero-order valence-electron chi connectivity index (χ0n) is 11.4. The summed E-state index contributed by atoms with van der Waals surface area (Å²) in [5, 5.41) is 4.02. The second-order valence-electron chi connectivity index (χ2n) is 5.54. The summed E-state index contributed by atoms with van der Waals surface area (Å²) in [6.07, 6.45) is 4.12. The monoisotopic (exact) mass is 276 g/mol. The van der Waals surface area contributed by atoms with Gasteiger partial charge in [-0.2, -0.15) is 11.8 Å². The number of nitrogens with one attached hydrogen (secondary N) is 1. The van der Waals surface area contributed by atoms with Crippen LogP contribution in [0.3, 0.4) is 0 Å². The van der Waals surface area contributed by atoms with Crippen LogP contribution in [0, 0.1) is 0 Å². The fraction of sp³-hybridized carbons (Fsp3) is 0.533. The van der Waals surface area contributed by atoms with Crippen molar-refractivity contribution in [2.75, 3.05) is 12.8 Å². The summed E-state index contributed by atoms with van der Waals surface area (Å²) in [4.78, 5) is 14.6. The smallest absolute Gasteiger partial charge is 0.244 e. The molecular weight excluding hydrogens is 256 g/mol. The van der Waals surface area contributed by atoms with Gasteiger partial charge < -0.3 is 4.90 Å². The summed E-state index contributed by atoms with van der Waals surface area (Å²) in [6.45, 7) is 2.99. The Morgan fingerprint density at radius 1 is 1.42 bits per heavy atom. The lowest BCUT2D eigenvalue weighted by Crippen LogP contribution is -2.36. The second kappa shape index (κ2) is 4.84. The maximum absolute atomic E-state index is 12.6. The van der Waals surface area contributed by atoms with Gasteiger partial charge in [-0.15, -0.1) is 0 Å². The van der Waals surface area contributed by atoms with Gasteiger partial charge in [-0.3, -0.25) is 10.1 Å². The lowest BCUT2D eigenvalue weighted by Gasteiger charge is -2.26. The first kappa shape index (κ1) is 13.0. The van der Waals surface area contributed by atoms with E-state index in [-0.39, 0.29) is 11.7 Å². The standard InChI is InChI=1S/C15H20N2OS/c1-11(19-2)10-17-13(12-6-4-3-5-7-12)16-15(8-9-15)14(17)18/h3-7,11,13,16H,8-10H2,1-2H3. The van der Waals surface area contributed by atoms with Crippen molar-refractivity contribution in [1.82, 2.24) is 10.2 Å². The average Bonchev–Trinajstić information content (AvgIpc) is 3.18. The van der Waals surface area contributed by atoms with Gasteiger partial charge in [0.1, 0.15) is 11.7 Å². The van der Waals surface area contributed by atoms with Crippen molar-refractivity contribution in [3.63, 3.8) is 0 Å². The maximum Gasteiger partial charge on any atom is 0.244 e. The first-order valence-electron chi connectivity index (χ1n) is 6.83. The average molecular weight is 276 g/mol. The lowest BCUT2D eigenvalue weighted by molar-refractivity contribution is -0.130. The summed E-state index contributed by atoms with van der Waals surface area (Å²) >= 11 is 1.81. The van der Waals surface area contributed by atoms with E-state index >= 15 is 0 Å². The Bertz CT molecular complexity index is 472. The molecule has 3 rings (SSSR count). The molecule has 0 aromatic heterocycles. The van der Waals surface area contributed by atoms with Gasteiger partial charge in [-0.25, -0.2) is 0 Å². The summed E-state index contributed by atoms with van der Waals surface area (Å²) < 4.78 is 0. The quantitative estimate of drug-likeness (QED) is 0.916. The number of carbonyl (C=O) groups is 1. The highest BCUT2D eigenvalue weighted by atomic mass is 32.2. The molecule has 2 aliphatic rings. The fourth-order valence-electron chi connectivity index (χ4n) is 2.72. The van der Waals surface area contributed by atoms with Crippen molar-refractivity contribution >= 4 is 17.7 Å². The molecule has 1 saturated carbocycles. The molecule has 1 aromatic rings. The first-order chi connectivity index (χ1) is 9.16. The molecule has 1 spiro atoms. The van der Waals surface area contributed by atoms with Crippen LogP contribution in [0.2, 0.25) is 0 Å². The molecule has 102 valence electrons. The molecule has 1 amide bonds.